The van der Waals surface area contributed by atoms with Gasteiger partial charge >= 0.3 is 5.97 Å². The van der Waals surface area contributed by atoms with E-state index >= 15 is 0 Å². The molecule has 1 aliphatic heterocycles. The summed E-state index contributed by atoms with van der Waals surface area (Å²) in [6.07, 6.45) is 3.80. The van der Waals surface area contributed by atoms with Gasteiger partial charge in [0.2, 0.25) is 35.4 Å². The molecule has 13 N–H and O–H groups in total. The van der Waals surface area contributed by atoms with Crippen LogP contribution in [0.1, 0.15) is 70.9 Å². The fraction of sp³-hybridized carbons (Fsp3) is 0.488. The number of carboxylic acid groups (broad SMARTS) is 1. The van der Waals surface area contributed by atoms with Crippen LogP contribution in [0.2, 0.25) is 0 Å². The number of aliphatic carboxylic acids is 1. The molecule has 1 aliphatic rings. The van der Waals surface area contributed by atoms with E-state index < -0.39 is 77.8 Å². The van der Waals surface area contributed by atoms with Crippen LogP contribution in [0.4, 0.5) is 0 Å². The second kappa shape index (κ2) is 23.5. The maximum Gasteiger partial charge on any atom is 0.326 e. The highest BCUT2D eigenvalue weighted by molar-refractivity contribution is 5.97. The van der Waals surface area contributed by atoms with Gasteiger partial charge in [-0.15, -0.1) is 0 Å². The van der Waals surface area contributed by atoms with E-state index in [1.165, 1.54) is 13.8 Å². The molecule has 2 heterocycles. The van der Waals surface area contributed by atoms with E-state index in [2.05, 4.69) is 47.2 Å². The number of amides is 6. The van der Waals surface area contributed by atoms with Crippen LogP contribution in [0, 0.1) is 5.92 Å². The van der Waals surface area contributed by atoms with Gasteiger partial charge in [0, 0.05) is 36.5 Å². The van der Waals surface area contributed by atoms with E-state index in [1.807, 2.05) is 38.1 Å². The molecule has 336 valence electrons. The predicted molar refractivity (Wildman–Crippen MR) is 233 cm³/mol. The number of rotatable bonds is 23. The van der Waals surface area contributed by atoms with Gasteiger partial charge in [-0.05, 0) is 75.6 Å². The number of nitrogens with one attached hydrogen (secondary N) is 8. The number of hydrogen-bond acceptors (Lipinski definition) is 9. The molecule has 0 radical (unpaired) electrons. The summed E-state index contributed by atoms with van der Waals surface area (Å²) in [6.45, 7) is 7.54. The number of nitrogens with zero attached hydrogens (tertiary/aromatic N) is 1. The van der Waals surface area contributed by atoms with Crippen LogP contribution >= 0.6 is 0 Å². The number of para-hydroxylation sites is 1. The average molecular weight is 860 g/mol. The van der Waals surface area contributed by atoms with Crippen molar-refractivity contribution < 1.29 is 38.7 Å². The number of carbonyl (C=O) groups is 7. The lowest BCUT2D eigenvalue weighted by Gasteiger charge is -2.27. The van der Waals surface area contributed by atoms with Crippen molar-refractivity contribution in [1.29, 1.82) is 0 Å². The van der Waals surface area contributed by atoms with Gasteiger partial charge < -0.3 is 58.8 Å². The van der Waals surface area contributed by atoms with E-state index in [4.69, 9.17) is 11.5 Å². The predicted octanol–water partition coefficient (Wildman–Crippen LogP) is -0.162. The van der Waals surface area contributed by atoms with Crippen molar-refractivity contribution in [1.82, 2.24) is 42.2 Å². The number of carboxylic acids is 1. The Labute approximate surface area is 360 Å². The first-order valence-corrected chi connectivity index (χ1v) is 20.9. The number of aromatic nitrogens is 1. The number of H-pyrrole nitrogens is 1. The molecule has 4 rings (SSSR count). The number of guanidine groups is 1. The number of nitrogens with two attached hydrogens (primary N) is 2. The van der Waals surface area contributed by atoms with Gasteiger partial charge in [0.25, 0.3) is 0 Å². The lowest BCUT2D eigenvalue weighted by molar-refractivity contribution is -0.142. The third-order valence-electron chi connectivity index (χ3n) is 10.4. The van der Waals surface area contributed by atoms with Crippen molar-refractivity contribution in [2.75, 3.05) is 13.1 Å². The lowest BCUT2D eigenvalue weighted by atomic mass is 10.0. The van der Waals surface area contributed by atoms with Crippen molar-refractivity contribution in [3.8, 4) is 0 Å². The summed E-state index contributed by atoms with van der Waals surface area (Å²) in [5.74, 6) is -5.16. The molecular weight excluding hydrogens is 799 g/mol. The van der Waals surface area contributed by atoms with Gasteiger partial charge in [-0.2, -0.15) is 0 Å². The standard InChI is InChI=1S/C43H61N11O8/c1-24(2)20-33(53-38(57)31-16-10-18-46-31)39(58)49-26(4)37(56)52-34(21-27-12-6-5-7-13-27)41(60)54-35(22-28-23-48-30-15-9-8-14-29(28)30)40(59)50-25(3)36(55)51-32(42(61)62)17-11-19-47-43(44)45/h5-9,12-15,23-26,31-35,46,48H,10-11,16-22H2,1-4H3,(H,49,58)(H,50,59)(H,51,55)(H,52,56)(H,53,57)(H,54,60)(H,61,62)(H4,44,45,47). The highest BCUT2D eigenvalue weighted by Gasteiger charge is 2.33. The van der Waals surface area contributed by atoms with Gasteiger partial charge in [0.05, 0.1) is 6.04 Å². The van der Waals surface area contributed by atoms with Crippen LogP contribution in [0.5, 0.6) is 0 Å². The highest BCUT2D eigenvalue weighted by atomic mass is 16.4. The third-order valence-corrected chi connectivity index (χ3v) is 10.4. The van der Waals surface area contributed by atoms with Crippen LogP contribution < -0.4 is 48.7 Å². The number of benzene rings is 2. The van der Waals surface area contributed by atoms with Crippen LogP contribution in [0.3, 0.4) is 0 Å². The number of aromatic amines is 1. The number of aliphatic imine (C=N–C) groups is 1. The van der Waals surface area contributed by atoms with Gasteiger partial charge in [0.1, 0.15) is 36.3 Å². The Bertz CT molecular complexity index is 2050. The molecule has 1 saturated heterocycles. The Morgan fingerprint density at radius 3 is 1.92 bits per heavy atom. The number of fused-ring (bicyclic) bond motifs is 1. The second-order valence-corrected chi connectivity index (χ2v) is 16.0. The van der Waals surface area contributed by atoms with Crippen molar-refractivity contribution in [2.45, 2.75) is 115 Å². The number of carbonyl (C=O) groups excluding carboxylic acids is 6. The van der Waals surface area contributed by atoms with E-state index in [9.17, 15) is 38.7 Å². The molecule has 7 atom stereocenters. The largest absolute Gasteiger partial charge is 0.480 e. The summed E-state index contributed by atoms with van der Waals surface area (Å²) in [5.41, 5.74) is 12.8. The Kier molecular flexibility index (Phi) is 18.2. The van der Waals surface area contributed by atoms with E-state index in [0.717, 1.165) is 17.3 Å². The Balaban J connectivity index is 1.52. The molecular formula is C43H61N11O8. The minimum absolute atomic E-state index is 0.0134. The molecule has 0 aliphatic carbocycles. The quantitative estimate of drug-likeness (QED) is 0.0338. The van der Waals surface area contributed by atoms with Crippen LogP contribution in [0.15, 0.2) is 65.8 Å². The zero-order valence-corrected chi connectivity index (χ0v) is 35.7. The lowest BCUT2D eigenvalue weighted by Crippen LogP contribution is -2.60. The van der Waals surface area contributed by atoms with Crippen molar-refractivity contribution >= 4 is 58.3 Å². The van der Waals surface area contributed by atoms with Gasteiger partial charge in [-0.25, -0.2) is 4.79 Å². The van der Waals surface area contributed by atoms with Gasteiger partial charge in [0.15, 0.2) is 5.96 Å². The summed E-state index contributed by atoms with van der Waals surface area (Å²) in [6, 6.07) is 8.80. The first kappa shape index (κ1) is 48.2. The minimum atomic E-state index is -1.29. The van der Waals surface area contributed by atoms with Crippen molar-refractivity contribution in [3.63, 3.8) is 0 Å². The second-order valence-electron chi connectivity index (χ2n) is 16.0. The normalized spacial score (nSPS) is 16.4. The minimum Gasteiger partial charge on any atom is -0.480 e. The molecule has 2 aromatic carbocycles. The Hall–Kier alpha value is -6.50. The molecule has 1 aromatic heterocycles. The summed E-state index contributed by atoms with van der Waals surface area (Å²) in [4.78, 5) is 101. The molecule has 3 aromatic rings. The first-order chi connectivity index (χ1) is 29.5. The maximum absolute atomic E-state index is 14.3. The molecule has 0 bridgehead atoms. The van der Waals surface area contributed by atoms with Crippen LogP contribution in [-0.4, -0.2) is 113 Å². The van der Waals surface area contributed by atoms with Crippen molar-refractivity contribution in [3.05, 3.63) is 71.9 Å². The molecule has 1 fully saturated rings. The smallest absolute Gasteiger partial charge is 0.326 e. The molecule has 0 spiro atoms. The topological polar surface area (TPSA) is 304 Å². The average Bonchev–Trinajstić information content (AvgIpc) is 3.92. The molecule has 19 heteroatoms. The monoisotopic (exact) mass is 859 g/mol. The third kappa shape index (κ3) is 14.9. The highest BCUT2D eigenvalue weighted by Crippen LogP contribution is 2.20. The van der Waals surface area contributed by atoms with Crippen LogP contribution in [-0.2, 0) is 46.4 Å². The summed E-state index contributed by atoms with van der Waals surface area (Å²) < 4.78 is 0. The molecule has 19 nitrogen and oxygen atoms in total. The Morgan fingerprint density at radius 1 is 0.726 bits per heavy atom. The molecule has 6 amide bonds. The summed E-state index contributed by atoms with van der Waals surface area (Å²) >= 11 is 0. The van der Waals surface area contributed by atoms with Crippen LogP contribution in [0.25, 0.3) is 10.9 Å². The Morgan fingerprint density at radius 2 is 1.31 bits per heavy atom. The van der Waals surface area contributed by atoms with Gasteiger partial charge in [-0.3, -0.25) is 33.8 Å². The zero-order chi connectivity index (χ0) is 45.3. The fourth-order valence-electron chi connectivity index (χ4n) is 7.06. The van der Waals surface area contributed by atoms with Crippen molar-refractivity contribution in [2.24, 2.45) is 22.4 Å². The van der Waals surface area contributed by atoms with E-state index in [-0.39, 0.29) is 50.0 Å². The zero-order valence-electron chi connectivity index (χ0n) is 35.7. The molecule has 0 saturated carbocycles. The number of hydrogen-bond donors (Lipinski definition) is 11. The fourth-order valence-corrected chi connectivity index (χ4v) is 7.06. The van der Waals surface area contributed by atoms with E-state index in [1.54, 1.807) is 36.5 Å². The maximum atomic E-state index is 14.3. The molecule has 7 unspecified atom stereocenters. The summed E-state index contributed by atoms with van der Waals surface area (Å²) in [5, 5.41) is 29.7. The SMILES string of the molecule is CC(C)CC(NC(=O)C1CCCN1)C(=O)NC(C)C(=O)NC(Cc1ccccc1)C(=O)NC(Cc1c[nH]c2ccccc12)C(=O)NC(C)C(=O)NC(CCCN=C(N)N)C(=O)O. The van der Waals surface area contributed by atoms with Gasteiger partial charge in [-0.1, -0.05) is 62.4 Å². The van der Waals surface area contributed by atoms with E-state index in [0.29, 0.717) is 30.5 Å². The summed E-state index contributed by atoms with van der Waals surface area (Å²) in [7, 11) is 0. The first-order valence-electron chi connectivity index (χ1n) is 20.9. The molecule has 62 heavy (non-hydrogen) atoms.